The van der Waals surface area contributed by atoms with E-state index in [1.165, 1.54) is 10.6 Å². The normalized spacial score (nSPS) is 14.1. The third-order valence-electron chi connectivity index (χ3n) is 4.47. The smallest absolute Gasteiger partial charge is 0.254 e. The number of hydrogen-bond acceptors (Lipinski definition) is 3. The Kier molecular flexibility index (Phi) is 5.91. The highest BCUT2D eigenvalue weighted by Crippen LogP contribution is 2.31. The van der Waals surface area contributed by atoms with Crippen LogP contribution in [0.2, 0.25) is 0 Å². The van der Waals surface area contributed by atoms with Crippen molar-refractivity contribution in [3.8, 4) is 0 Å². The molecule has 0 atom stereocenters. The van der Waals surface area contributed by atoms with Gasteiger partial charge in [-0.1, -0.05) is 19.8 Å². The molecule has 6 heteroatoms. The Morgan fingerprint density at radius 3 is 2.58 bits per heavy atom. The number of sulfonamides is 1. The summed E-state index contributed by atoms with van der Waals surface area (Å²) in [5, 5.41) is 0. The molecule has 5 nitrogen and oxygen atoms in total. The van der Waals surface area contributed by atoms with E-state index in [1.807, 2.05) is 24.8 Å². The zero-order valence-corrected chi connectivity index (χ0v) is 15.9. The van der Waals surface area contributed by atoms with Crippen LogP contribution in [0.4, 0.5) is 5.69 Å². The van der Waals surface area contributed by atoms with Gasteiger partial charge in [0.15, 0.2) is 0 Å². The summed E-state index contributed by atoms with van der Waals surface area (Å²) in [6, 6.07) is 5.52. The van der Waals surface area contributed by atoms with Gasteiger partial charge in [-0.3, -0.25) is 9.10 Å². The first-order valence-electron chi connectivity index (χ1n) is 8.67. The maximum Gasteiger partial charge on any atom is 0.254 e. The highest BCUT2D eigenvalue weighted by Gasteiger charge is 2.27. The zero-order chi connectivity index (χ0) is 17.9. The van der Waals surface area contributed by atoms with E-state index in [0.717, 1.165) is 31.4 Å². The van der Waals surface area contributed by atoms with Gasteiger partial charge in [0.25, 0.3) is 5.91 Å². The van der Waals surface area contributed by atoms with Gasteiger partial charge in [0.2, 0.25) is 10.0 Å². The molecule has 1 aliphatic heterocycles. The second-order valence-electron chi connectivity index (χ2n) is 6.73. The summed E-state index contributed by atoms with van der Waals surface area (Å²) in [4.78, 5) is 14.8. The molecule has 0 unspecified atom stereocenters. The minimum Gasteiger partial charge on any atom is -0.336 e. The molecule has 0 aromatic heterocycles. The Morgan fingerprint density at radius 1 is 1.29 bits per heavy atom. The molecule has 1 amide bonds. The Balaban J connectivity index is 2.22. The van der Waals surface area contributed by atoms with Crippen LogP contribution in [0.15, 0.2) is 18.2 Å². The maximum absolute atomic E-state index is 12.9. The molecule has 1 heterocycles. The highest BCUT2D eigenvalue weighted by atomic mass is 32.2. The van der Waals surface area contributed by atoms with Crippen molar-refractivity contribution in [3.63, 3.8) is 0 Å². The standard InChI is InChI=1S/C18H28N2O3S/c1-5-6-7-11-19(14(2)3)18(21)16-8-9-17-15(13-16)10-12-20(17)24(4,22)23/h8-9,13-14H,5-7,10-12H2,1-4H3. The van der Waals surface area contributed by atoms with Crippen molar-refractivity contribution in [2.75, 3.05) is 23.7 Å². The molecule has 24 heavy (non-hydrogen) atoms. The fraction of sp³-hybridized carbons (Fsp3) is 0.611. The van der Waals surface area contributed by atoms with Crippen LogP contribution < -0.4 is 4.31 Å². The number of nitrogens with zero attached hydrogens (tertiary/aromatic N) is 2. The number of anilines is 1. The van der Waals surface area contributed by atoms with Gasteiger partial charge in [-0.25, -0.2) is 8.42 Å². The predicted octanol–water partition coefficient (Wildman–Crippen LogP) is 3.05. The minimum atomic E-state index is -3.26. The Bertz CT molecular complexity index is 698. The lowest BCUT2D eigenvalue weighted by Gasteiger charge is -2.27. The summed E-state index contributed by atoms with van der Waals surface area (Å²) in [5.41, 5.74) is 2.29. The maximum atomic E-state index is 12.9. The van der Waals surface area contributed by atoms with E-state index >= 15 is 0 Å². The van der Waals surface area contributed by atoms with Crippen LogP contribution in [0, 0.1) is 0 Å². The minimum absolute atomic E-state index is 0.0294. The van der Waals surface area contributed by atoms with Crippen LogP contribution in [0.5, 0.6) is 0 Å². The Hall–Kier alpha value is -1.56. The Labute approximate surface area is 145 Å². The molecular formula is C18H28N2O3S. The summed E-state index contributed by atoms with van der Waals surface area (Å²) in [6.45, 7) is 7.42. The number of amides is 1. The van der Waals surface area contributed by atoms with Crippen molar-refractivity contribution in [2.24, 2.45) is 0 Å². The molecule has 0 bridgehead atoms. The lowest BCUT2D eigenvalue weighted by Crippen LogP contribution is -2.37. The van der Waals surface area contributed by atoms with Crippen LogP contribution in [-0.4, -0.2) is 44.6 Å². The first-order valence-corrected chi connectivity index (χ1v) is 10.5. The Morgan fingerprint density at radius 2 is 2.00 bits per heavy atom. The van der Waals surface area contributed by atoms with E-state index in [1.54, 1.807) is 12.1 Å². The highest BCUT2D eigenvalue weighted by molar-refractivity contribution is 7.92. The van der Waals surface area contributed by atoms with Gasteiger partial charge in [-0.05, 0) is 50.5 Å². The fourth-order valence-electron chi connectivity index (χ4n) is 3.14. The monoisotopic (exact) mass is 352 g/mol. The van der Waals surface area contributed by atoms with Gasteiger partial charge < -0.3 is 4.90 Å². The fourth-order valence-corrected chi connectivity index (χ4v) is 4.10. The lowest BCUT2D eigenvalue weighted by atomic mass is 10.1. The van der Waals surface area contributed by atoms with Gasteiger partial charge >= 0.3 is 0 Å². The van der Waals surface area contributed by atoms with Crippen LogP contribution in [0.1, 0.15) is 56.0 Å². The van der Waals surface area contributed by atoms with Crippen molar-refractivity contribution in [3.05, 3.63) is 29.3 Å². The predicted molar refractivity (Wildman–Crippen MR) is 98.0 cm³/mol. The molecule has 2 rings (SSSR count). The summed E-state index contributed by atoms with van der Waals surface area (Å²) < 4.78 is 25.0. The van der Waals surface area contributed by atoms with Crippen molar-refractivity contribution >= 4 is 21.6 Å². The summed E-state index contributed by atoms with van der Waals surface area (Å²) in [6.07, 6.45) is 5.12. The van der Waals surface area contributed by atoms with Crippen molar-refractivity contribution in [1.82, 2.24) is 4.90 Å². The van der Waals surface area contributed by atoms with Crippen molar-refractivity contribution < 1.29 is 13.2 Å². The summed E-state index contributed by atoms with van der Waals surface area (Å²) >= 11 is 0. The first-order chi connectivity index (χ1) is 11.3. The summed E-state index contributed by atoms with van der Waals surface area (Å²) in [5.74, 6) is 0.0294. The average molecular weight is 353 g/mol. The topological polar surface area (TPSA) is 57.7 Å². The van der Waals surface area contributed by atoms with Crippen molar-refractivity contribution in [1.29, 1.82) is 0 Å². The molecule has 0 saturated carbocycles. The largest absolute Gasteiger partial charge is 0.336 e. The van der Waals surface area contributed by atoms with Crippen LogP contribution in [-0.2, 0) is 16.4 Å². The van der Waals surface area contributed by atoms with E-state index in [-0.39, 0.29) is 11.9 Å². The van der Waals surface area contributed by atoms with Crippen LogP contribution in [0.25, 0.3) is 0 Å². The first kappa shape index (κ1) is 18.8. The van der Waals surface area contributed by atoms with Crippen LogP contribution in [0.3, 0.4) is 0 Å². The molecule has 1 aliphatic rings. The molecule has 0 fully saturated rings. The molecule has 134 valence electrons. The van der Waals surface area contributed by atoms with Gasteiger partial charge in [-0.15, -0.1) is 0 Å². The SMILES string of the molecule is CCCCCN(C(=O)c1ccc2c(c1)CCN2S(C)(=O)=O)C(C)C. The second kappa shape index (κ2) is 7.55. The van der Waals surface area contributed by atoms with E-state index in [4.69, 9.17) is 0 Å². The number of rotatable bonds is 7. The zero-order valence-electron chi connectivity index (χ0n) is 15.1. The van der Waals surface area contributed by atoms with E-state index in [0.29, 0.717) is 24.2 Å². The van der Waals surface area contributed by atoms with E-state index in [9.17, 15) is 13.2 Å². The van der Waals surface area contributed by atoms with Gasteiger partial charge in [-0.2, -0.15) is 0 Å². The quantitative estimate of drug-likeness (QED) is 0.709. The molecule has 0 radical (unpaired) electrons. The number of fused-ring (bicyclic) bond motifs is 1. The van der Waals surface area contributed by atoms with E-state index < -0.39 is 10.0 Å². The molecule has 0 aliphatic carbocycles. The van der Waals surface area contributed by atoms with Gasteiger partial charge in [0.05, 0.1) is 11.9 Å². The number of hydrogen-bond donors (Lipinski definition) is 0. The molecule has 0 N–H and O–H groups in total. The molecule has 1 aromatic carbocycles. The number of carbonyl (C=O) groups excluding carboxylic acids is 1. The molecule has 1 aromatic rings. The third-order valence-corrected chi connectivity index (χ3v) is 5.65. The molecule has 0 spiro atoms. The van der Waals surface area contributed by atoms with Gasteiger partial charge in [0, 0.05) is 24.7 Å². The lowest BCUT2D eigenvalue weighted by molar-refractivity contribution is 0.0702. The number of benzene rings is 1. The third kappa shape index (κ3) is 4.09. The number of unbranched alkanes of at least 4 members (excludes halogenated alkanes) is 2. The van der Waals surface area contributed by atoms with Crippen molar-refractivity contribution in [2.45, 2.75) is 52.5 Å². The number of carbonyl (C=O) groups is 1. The molecule has 0 saturated heterocycles. The van der Waals surface area contributed by atoms with E-state index in [2.05, 4.69) is 6.92 Å². The van der Waals surface area contributed by atoms with Gasteiger partial charge in [0.1, 0.15) is 0 Å². The molecular weight excluding hydrogens is 324 g/mol. The van der Waals surface area contributed by atoms with Crippen LogP contribution >= 0.6 is 0 Å². The second-order valence-corrected chi connectivity index (χ2v) is 8.63. The summed E-state index contributed by atoms with van der Waals surface area (Å²) in [7, 11) is -3.26. The average Bonchev–Trinajstić information content (AvgIpc) is 2.93.